The molecule has 1 aliphatic carbocycles. The zero-order valence-corrected chi connectivity index (χ0v) is 38.5. The van der Waals surface area contributed by atoms with Crippen molar-refractivity contribution in [2.24, 2.45) is 11.1 Å². The number of aromatic nitrogens is 3. The van der Waals surface area contributed by atoms with E-state index in [0.29, 0.717) is 106 Å². The molecule has 4 aromatic rings. The number of halogens is 3. The smallest absolute Gasteiger partial charge is 0.328 e. The van der Waals surface area contributed by atoms with Crippen LogP contribution in [0.15, 0.2) is 42.6 Å². The van der Waals surface area contributed by atoms with Gasteiger partial charge in [-0.1, -0.05) is 12.1 Å². The first-order chi connectivity index (χ1) is 32.2. The summed E-state index contributed by atoms with van der Waals surface area (Å²) in [6.45, 7) is 5.02. The predicted molar refractivity (Wildman–Crippen MR) is 246 cm³/mol. The molecule has 0 bridgehead atoms. The summed E-state index contributed by atoms with van der Waals surface area (Å²) in [5.74, 6) is -4.42. The maximum atomic E-state index is 16.1. The number of aryl methyl sites for hydroxylation is 1. The average molecular weight is 928 g/mol. The number of carbonyl (C=O) groups is 4. The SMILES string of the molecule is CNc1cc(N2CCc3c(CN4CCC(N5CCC6(CCN(C(=O)c7cc(N8CCC(=O)NC8=O)c(C)cc7F)CC6)CC5)C(F)(F)C4)cccc32)nn2c(C(N)=O)cnc12.COC1CCC1. The van der Waals surface area contributed by atoms with E-state index in [9.17, 15) is 19.2 Å². The number of carbonyl (C=O) groups excluding carboxylic acids is 4. The molecule has 1 spiro atoms. The highest BCUT2D eigenvalue weighted by atomic mass is 19.3. The van der Waals surface area contributed by atoms with Crippen LogP contribution in [0.25, 0.3) is 5.65 Å². The molecule has 4 N–H and O–H groups in total. The van der Waals surface area contributed by atoms with Crippen LogP contribution in [0.1, 0.15) is 95.3 Å². The van der Waals surface area contributed by atoms with E-state index in [-0.39, 0.29) is 42.1 Å². The number of amides is 5. The summed E-state index contributed by atoms with van der Waals surface area (Å²) in [4.78, 5) is 63.2. The Balaban J connectivity index is 0.000000870. The minimum absolute atomic E-state index is 0.0704. The number of alkyl halides is 2. The number of hydrogen-bond donors (Lipinski definition) is 3. The summed E-state index contributed by atoms with van der Waals surface area (Å²) in [5, 5.41) is 10.1. The van der Waals surface area contributed by atoms with Gasteiger partial charge in [-0.3, -0.25) is 34.4 Å². The molecule has 1 atom stereocenters. The largest absolute Gasteiger partial charge is 0.385 e. The number of methoxy groups -OCH3 is 1. The van der Waals surface area contributed by atoms with Gasteiger partial charge in [0.1, 0.15) is 11.5 Å². The number of piperidine rings is 3. The van der Waals surface area contributed by atoms with Crippen molar-refractivity contribution in [1.29, 1.82) is 0 Å². The molecule has 358 valence electrons. The Morgan fingerprint density at radius 3 is 2.31 bits per heavy atom. The van der Waals surface area contributed by atoms with E-state index < -0.39 is 35.6 Å². The minimum Gasteiger partial charge on any atom is -0.385 e. The molecule has 5 fully saturated rings. The lowest BCUT2D eigenvalue weighted by atomic mass is 9.70. The van der Waals surface area contributed by atoms with Crippen molar-refractivity contribution in [2.45, 2.75) is 95.7 Å². The topological polar surface area (TPSA) is 174 Å². The molecule has 5 aliphatic heterocycles. The van der Waals surface area contributed by atoms with Crippen molar-refractivity contribution in [3.63, 3.8) is 0 Å². The van der Waals surface area contributed by atoms with E-state index in [0.717, 1.165) is 29.7 Å². The normalized spacial score (nSPS) is 22.0. The summed E-state index contributed by atoms with van der Waals surface area (Å²) in [5.41, 5.74) is 10.7. The molecule has 1 saturated carbocycles. The van der Waals surface area contributed by atoms with Crippen LogP contribution in [-0.2, 0) is 22.5 Å². The quantitative estimate of drug-likeness (QED) is 0.183. The maximum Gasteiger partial charge on any atom is 0.328 e. The van der Waals surface area contributed by atoms with E-state index in [4.69, 9.17) is 15.6 Å². The zero-order valence-electron chi connectivity index (χ0n) is 38.5. The number of benzene rings is 2. The second-order valence-electron chi connectivity index (χ2n) is 19.0. The third-order valence-electron chi connectivity index (χ3n) is 15.1. The summed E-state index contributed by atoms with van der Waals surface area (Å²) in [6, 6.07) is 9.05. The molecule has 10 rings (SSSR count). The number of anilines is 4. The molecule has 5 amide bonds. The van der Waals surface area contributed by atoms with Crippen LogP contribution < -0.4 is 26.2 Å². The van der Waals surface area contributed by atoms with Crippen LogP contribution in [0.4, 0.5) is 40.8 Å². The van der Waals surface area contributed by atoms with Gasteiger partial charge >= 0.3 is 6.03 Å². The van der Waals surface area contributed by atoms with E-state index in [1.807, 2.05) is 34.1 Å². The Labute approximate surface area is 387 Å². The van der Waals surface area contributed by atoms with Gasteiger partial charge in [-0.25, -0.2) is 27.5 Å². The van der Waals surface area contributed by atoms with E-state index >= 15 is 13.2 Å². The number of likely N-dealkylation sites (tertiary alicyclic amines) is 3. The van der Waals surface area contributed by atoms with Gasteiger partial charge < -0.3 is 25.6 Å². The van der Waals surface area contributed by atoms with E-state index in [1.165, 1.54) is 47.0 Å². The number of rotatable bonds is 9. The number of primary amides is 1. The number of fused-ring (bicyclic) bond motifs is 2. The Hall–Kier alpha value is -5.79. The van der Waals surface area contributed by atoms with Crippen molar-refractivity contribution < 1.29 is 37.1 Å². The lowest BCUT2D eigenvalue weighted by Gasteiger charge is -2.51. The van der Waals surface area contributed by atoms with Crippen molar-refractivity contribution in [3.8, 4) is 0 Å². The molecule has 6 aliphatic rings. The second kappa shape index (κ2) is 18.7. The molecule has 2 aromatic heterocycles. The number of imidazole rings is 1. The van der Waals surface area contributed by atoms with Crippen molar-refractivity contribution >= 4 is 52.3 Å². The number of hydrogen-bond acceptors (Lipinski definition) is 11. The number of urea groups is 1. The Kier molecular flexibility index (Phi) is 12.9. The first kappa shape index (κ1) is 46.3. The van der Waals surface area contributed by atoms with Crippen molar-refractivity contribution in [2.75, 3.05) is 81.6 Å². The lowest BCUT2D eigenvalue weighted by molar-refractivity contribution is -0.139. The van der Waals surface area contributed by atoms with Crippen LogP contribution in [-0.4, -0.2) is 138 Å². The van der Waals surface area contributed by atoms with Gasteiger partial charge in [-0.15, -0.1) is 5.10 Å². The number of nitrogens with zero attached hydrogens (tertiary/aromatic N) is 8. The summed E-state index contributed by atoms with van der Waals surface area (Å²) in [7, 11) is 3.55. The fraction of sp³-hybridized carbons (Fsp3) is 0.542. The molecular weight excluding hydrogens is 868 g/mol. The van der Waals surface area contributed by atoms with Crippen molar-refractivity contribution in [1.82, 2.24) is 34.6 Å². The van der Waals surface area contributed by atoms with Gasteiger partial charge in [0.05, 0.1) is 36.1 Å². The monoisotopic (exact) mass is 927 g/mol. The summed E-state index contributed by atoms with van der Waals surface area (Å²) < 4.78 is 53.9. The first-order valence-corrected chi connectivity index (χ1v) is 23.5. The average Bonchev–Trinajstić information content (AvgIpc) is 3.93. The highest BCUT2D eigenvalue weighted by Crippen LogP contribution is 2.45. The standard InChI is InChI=1S/C43H50F3N11O4.C5H10O/c1-26-20-30(44)29(21-33(26)56-15-8-37(58)50-41(56)61)40(60)54-18-11-42(12-19-54)9-16-53(17-10-42)35-7-13-52(25-43(35,45)46)24-27-4-3-5-32-28(27)6-14-55(32)36-22-31(48-2)39-49-23-34(38(47)59)57(39)51-36;1-6-5-3-2-4-5/h3-5,20-23,35,48H,6-19,24-25H2,1-2H3,(H2,47,59)(H,50,58,61);5H,2-4H2,1H3. The van der Waals surface area contributed by atoms with Crippen molar-refractivity contribution in [3.05, 3.63) is 76.4 Å². The highest BCUT2D eigenvalue weighted by Gasteiger charge is 2.50. The van der Waals surface area contributed by atoms with Gasteiger partial charge in [0.25, 0.3) is 17.7 Å². The molecule has 19 heteroatoms. The molecule has 1 unspecified atom stereocenters. The Morgan fingerprint density at radius 2 is 1.67 bits per heavy atom. The zero-order chi connectivity index (χ0) is 47.2. The van der Waals surface area contributed by atoms with Gasteiger partial charge in [-0.05, 0) is 118 Å². The fourth-order valence-electron chi connectivity index (χ4n) is 10.8. The van der Waals surface area contributed by atoms with Crippen LogP contribution in [0, 0.1) is 18.2 Å². The fourth-order valence-corrected chi connectivity index (χ4v) is 10.8. The maximum absolute atomic E-state index is 16.1. The predicted octanol–water partition coefficient (Wildman–Crippen LogP) is 5.87. The summed E-state index contributed by atoms with van der Waals surface area (Å²) >= 11 is 0. The van der Waals surface area contributed by atoms with Crippen LogP contribution in [0.3, 0.4) is 0 Å². The molecular formula is C48H60F3N11O5. The molecule has 67 heavy (non-hydrogen) atoms. The lowest BCUT2D eigenvalue weighted by Crippen LogP contribution is -2.60. The third kappa shape index (κ3) is 9.16. The van der Waals surface area contributed by atoms with Crippen LogP contribution >= 0.6 is 0 Å². The first-order valence-electron chi connectivity index (χ1n) is 23.5. The van der Waals surface area contributed by atoms with Gasteiger partial charge in [0.2, 0.25) is 5.91 Å². The number of nitrogens with two attached hydrogens (primary N) is 1. The minimum atomic E-state index is -2.91. The number of ether oxygens (including phenoxy) is 1. The number of imide groups is 1. The molecule has 4 saturated heterocycles. The third-order valence-corrected chi connectivity index (χ3v) is 15.1. The second-order valence-corrected chi connectivity index (χ2v) is 19.0. The van der Waals surface area contributed by atoms with Gasteiger partial charge in [0.15, 0.2) is 11.5 Å². The van der Waals surface area contributed by atoms with Crippen LogP contribution in [0.2, 0.25) is 0 Å². The molecule has 7 heterocycles. The summed E-state index contributed by atoms with van der Waals surface area (Å²) in [6.07, 6.45) is 10.1. The van der Waals surface area contributed by atoms with Gasteiger partial charge in [0, 0.05) is 77.3 Å². The number of nitrogens with one attached hydrogen (secondary N) is 2. The highest BCUT2D eigenvalue weighted by molar-refractivity contribution is 6.06. The van der Waals surface area contributed by atoms with E-state index in [1.54, 1.807) is 26.0 Å². The van der Waals surface area contributed by atoms with E-state index in [2.05, 4.69) is 20.5 Å². The molecule has 16 nitrogen and oxygen atoms in total. The molecule has 2 aromatic carbocycles. The van der Waals surface area contributed by atoms with Gasteiger partial charge in [-0.2, -0.15) is 0 Å². The van der Waals surface area contributed by atoms with Crippen LogP contribution in [0.5, 0.6) is 0 Å². The Morgan fingerprint density at radius 1 is 0.940 bits per heavy atom. The Bertz CT molecular complexity index is 2550. The molecule has 0 radical (unpaired) electrons.